The monoisotopic (exact) mass is 221 g/mol. The number of hydrogen-bond acceptors (Lipinski definition) is 5. The molecular weight excluding hydrogens is 206 g/mol. The van der Waals surface area contributed by atoms with E-state index in [1.165, 1.54) is 7.11 Å². The van der Waals surface area contributed by atoms with Gasteiger partial charge in [0.25, 0.3) is 0 Å². The first kappa shape index (κ1) is 10.9. The zero-order valence-electron chi connectivity index (χ0n) is 9.22. The van der Waals surface area contributed by atoms with E-state index in [4.69, 9.17) is 5.73 Å². The van der Waals surface area contributed by atoms with Gasteiger partial charge in [-0.05, 0) is 18.6 Å². The van der Waals surface area contributed by atoms with E-state index in [9.17, 15) is 4.79 Å². The molecular formula is C11H15N3O2. The molecule has 0 aliphatic carbocycles. The van der Waals surface area contributed by atoms with E-state index in [1.54, 1.807) is 12.3 Å². The van der Waals surface area contributed by atoms with Crippen molar-refractivity contribution in [3.8, 4) is 0 Å². The maximum Gasteiger partial charge on any atom is 0.356 e. The molecule has 1 fully saturated rings. The lowest BCUT2D eigenvalue weighted by molar-refractivity contribution is 0.0594. The Hall–Kier alpha value is -1.62. The fourth-order valence-corrected chi connectivity index (χ4v) is 1.85. The smallest absolute Gasteiger partial charge is 0.356 e. The number of nitrogens with two attached hydrogens (primary N) is 1. The first-order valence-corrected chi connectivity index (χ1v) is 5.25. The number of nitrogens with zero attached hydrogens (tertiary/aromatic N) is 2. The van der Waals surface area contributed by atoms with Crippen molar-refractivity contribution in [2.24, 2.45) is 5.73 Å². The summed E-state index contributed by atoms with van der Waals surface area (Å²) in [5, 5.41) is 0. The van der Waals surface area contributed by atoms with Crippen LogP contribution in [0.1, 0.15) is 16.9 Å². The number of aromatic nitrogens is 1. The second kappa shape index (κ2) is 4.49. The normalized spacial score (nSPS) is 19.9. The number of rotatable bonds is 2. The Morgan fingerprint density at radius 3 is 3.12 bits per heavy atom. The van der Waals surface area contributed by atoms with E-state index in [-0.39, 0.29) is 6.04 Å². The van der Waals surface area contributed by atoms with Crippen molar-refractivity contribution in [1.29, 1.82) is 0 Å². The summed E-state index contributed by atoms with van der Waals surface area (Å²) in [6.45, 7) is 1.75. The second-order valence-corrected chi connectivity index (χ2v) is 3.89. The van der Waals surface area contributed by atoms with Crippen LogP contribution in [0, 0.1) is 0 Å². The van der Waals surface area contributed by atoms with Crippen molar-refractivity contribution in [3.63, 3.8) is 0 Å². The SMILES string of the molecule is COC(=O)c1cc(N2CCC(N)C2)ccn1. The molecule has 1 aliphatic heterocycles. The molecule has 0 bridgehead atoms. The van der Waals surface area contributed by atoms with Crippen LogP contribution in [-0.2, 0) is 4.74 Å². The van der Waals surface area contributed by atoms with E-state index in [2.05, 4.69) is 14.6 Å². The van der Waals surface area contributed by atoms with Crippen LogP contribution in [0.5, 0.6) is 0 Å². The van der Waals surface area contributed by atoms with Crippen LogP contribution in [0.2, 0.25) is 0 Å². The Kier molecular flexibility index (Phi) is 3.05. The largest absolute Gasteiger partial charge is 0.464 e. The molecule has 5 heteroatoms. The molecule has 0 spiro atoms. The molecule has 2 heterocycles. The fraction of sp³-hybridized carbons (Fsp3) is 0.455. The highest BCUT2D eigenvalue weighted by Crippen LogP contribution is 2.19. The lowest BCUT2D eigenvalue weighted by atomic mass is 10.3. The third-order valence-electron chi connectivity index (χ3n) is 2.73. The zero-order valence-corrected chi connectivity index (χ0v) is 9.22. The third kappa shape index (κ3) is 2.14. The fourth-order valence-electron chi connectivity index (χ4n) is 1.85. The van der Waals surface area contributed by atoms with Crippen LogP contribution in [0.25, 0.3) is 0 Å². The van der Waals surface area contributed by atoms with Crippen molar-refractivity contribution in [2.75, 3.05) is 25.1 Å². The summed E-state index contributed by atoms with van der Waals surface area (Å²) in [4.78, 5) is 17.4. The Morgan fingerprint density at radius 2 is 2.50 bits per heavy atom. The van der Waals surface area contributed by atoms with Gasteiger partial charge in [0.1, 0.15) is 5.69 Å². The van der Waals surface area contributed by atoms with Crippen molar-refractivity contribution in [3.05, 3.63) is 24.0 Å². The molecule has 16 heavy (non-hydrogen) atoms. The minimum Gasteiger partial charge on any atom is -0.464 e. The summed E-state index contributed by atoms with van der Waals surface area (Å²) < 4.78 is 4.63. The van der Waals surface area contributed by atoms with Crippen molar-refractivity contribution >= 4 is 11.7 Å². The highest BCUT2D eigenvalue weighted by molar-refractivity contribution is 5.88. The first-order chi connectivity index (χ1) is 7.70. The quantitative estimate of drug-likeness (QED) is 0.732. The Bertz CT molecular complexity index is 395. The number of carbonyl (C=O) groups is 1. The topological polar surface area (TPSA) is 68.5 Å². The van der Waals surface area contributed by atoms with Crippen molar-refractivity contribution in [1.82, 2.24) is 4.98 Å². The van der Waals surface area contributed by atoms with Crippen LogP contribution in [0.4, 0.5) is 5.69 Å². The summed E-state index contributed by atoms with van der Waals surface area (Å²) in [7, 11) is 1.35. The van der Waals surface area contributed by atoms with Gasteiger partial charge in [0.05, 0.1) is 7.11 Å². The molecule has 1 aromatic heterocycles. The average Bonchev–Trinajstić information content (AvgIpc) is 2.75. The highest BCUT2D eigenvalue weighted by atomic mass is 16.5. The summed E-state index contributed by atoms with van der Waals surface area (Å²) >= 11 is 0. The van der Waals surface area contributed by atoms with Gasteiger partial charge in [-0.25, -0.2) is 9.78 Å². The van der Waals surface area contributed by atoms with E-state index < -0.39 is 5.97 Å². The minimum absolute atomic E-state index is 0.217. The van der Waals surface area contributed by atoms with Gasteiger partial charge in [-0.3, -0.25) is 0 Å². The van der Waals surface area contributed by atoms with Gasteiger partial charge < -0.3 is 15.4 Å². The number of esters is 1. The summed E-state index contributed by atoms with van der Waals surface area (Å²) in [5.41, 5.74) is 7.15. The van der Waals surface area contributed by atoms with Gasteiger partial charge in [-0.15, -0.1) is 0 Å². The molecule has 86 valence electrons. The number of ether oxygens (including phenoxy) is 1. The molecule has 0 radical (unpaired) electrons. The molecule has 1 unspecified atom stereocenters. The van der Waals surface area contributed by atoms with Crippen molar-refractivity contribution in [2.45, 2.75) is 12.5 Å². The zero-order chi connectivity index (χ0) is 11.5. The number of carbonyl (C=O) groups excluding carboxylic acids is 1. The first-order valence-electron chi connectivity index (χ1n) is 5.25. The summed E-state index contributed by atoms with van der Waals surface area (Å²) in [5.74, 6) is -0.412. The van der Waals surface area contributed by atoms with Crippen LogP contribution < -0.4 is 10.6 Å². The maximum absolute atomic E-state index is 11.3. The van der Waals surface area contributed by atoms with Gasteiger partial charge in [-0.1, -0.05) is 0 Å². The second-order valence-electron chi connectivity index (χ2n) is 3.89. The van der Waals surface area contributed by atoms with Crippen LogP contribution >= 0.6 is 0 Å². The Balaban J connectivity index is 2.19. The average molecular weight is 221 g/mol. The standard InChI is InChI=1S/C11H15N3O2/c1-16-11(15)10-6-9(2-4-13-10)14-5-3-8(12)7-14/h2,4,6,8H,3,5,7,12H2,1H3. The Morgan fingerprint density at radius 1 is 1.69 bits per heavy atom. The molecule has 0 saturated carbocycles. The van der Waals surface area contributed by atoms with Gasteiger partial charge in [-0.2, -0.15) is 0 Å². The molecule has 5 nitrogen and oxygen atoms in total. The molecule has 2 rings (SSSR count). The van der Waals surface area contributed by atoms with Gasteiger partial charge in [0.2, 0.25) is 0 Å². The molecule has 1 aliphatic rings. The summed E-state index contributed by atoms with van der Waals surface area (Å²) in [6.07, 6.45) is 2.60. The van der Waals surface area contributed by atoms with Gasteiger partial charge in [0.15, 0.2) is 0 Å². The number of pyridine rings is 1. The predicted molar refractivity (Wildman–Crippen MR) is 60.4 cm³/mol. The van der Waals surface area contributed by atoms with E-state index >= 15 is 0 Å². The lowest BCUT2D eigenvalue weighted by Crippen LogP contribution is -2.26. The van der Waals surface area contributed by atoms with Crippen LogP contribution in [-0.4, -0.2) is 37.2 Å². The van der Waals surface area contributed by atoms with Crippen molar-refractivity contribution < 1.29 is 9.53 Å². The van der Waals surface area contributed by atoms with Crippen LogP contribution in [0.15, 0.2) is 18.3 Å². The van der Waals surface area contributed by atoms with Gasteiger partial charge in [0, 0.05) is 31.0 Å². The van der Waals surface area contributed by atoms with Crippen LogP contribution in [0.3, 0.4) is 0 Å². The molecule has 1 aromatic rings. The van der Waals surface area contributed by atoms with E-state index in [1.807, 2.05) is 6.07 Å². The van der Waals surface area contributed by atoms with E-state index in [0.717, 1.165) is 25.2 Å². The number of hydrogen-bond donors (Lipinski definition) is 1. The molecule has 1 saturated heterocycles. The number of methoxy groups -OCH3 is 1. The van der Waals surface area contributed by atoms with E-state index in [0.29, 0.717) is 5.69 Å². The lowest BCUT2D eigenvalue weighted by Gasteiger charge is -2.18. The number of anilines is 1. The molecule has 0 amide bonds. The minimum atomic E-state index is -0.412. The molecule has 0 aromatic carbocycles. The Labute approximate surface area is 94.2 Å². The molecule has 2 N–H and O–H groups in total. The maximum atomic E-state index is 11.3. The highest BCUT2D eigenvalue weighted by Gasteiger charge is 2.20. The van der Waals surface area contributed by atoms with Gasteiger partial charge >= 0.3 is 5.97 Å². The predicted octanol–water partition coefficient (Wildman–Crippen LogP) is 0.406. The molecule has 1 atom stereocenters. The third-order valence-corrected chi connectivity index (χ3v) is 2.73. The summed E-state index contributed by atoms with van der Waals surface area (Å²) in [6, 6.07) is 3.84.